The van der Waals surface area contributed by atoms with Crippen LogP contribution in [-0.4, -0.2) is 134 Å². The SMILES string of the molecule is CCCC[N+](C)(C)CCOC(C)CN(CC(C)OCCOCC[N+](C)(C)CCCS(=O)(=O)O)c1cccc(C)c1. The summed E-state index contributed by atoms with van der Waals surface area (Å²) in [6.45, 7) is 16.1. The van der Waals surface area contributed by atoms with Crippen molar-refractivity contribution in [2.45, 2.75) is 59.2 Å². The summed E-state index contributed by atoms with van der Waals surface area (Å²) >= 11 is 0. The minimum Gasteiger partial charge on any atom is -0.374 e. The number of ether oxygens (including phenoxy) is 3. The van der Waals surface area contributed by atoms with Crippen LogP contribution in [0.2, 0.25) is 0 Å². The maximum absolute atomic E-state index is 10.9. The van der Waals surface area contributed by atoms with Crippen LogP contribution in [0.4, 0.5) is 5.69 Å². The monoisotopic (exact) mass is 589 g/mol. The average Bonchev–Trinajstić information content (AvgIpc) is 2.83. The largest absolute Gasteiger partial charge is 0.374 e. The normalized spacial score (nSPS) is 14.3. The number of unbranched alkanes of at least 4 members (excludes halogenated alkanes) is 1. The molecule has 1 aromatic carbocycles. The smallest absolute Gasteiger partial charge is 0.265 e. The minimum atomic E-state index is -3.90. The van der Waals surface area contributed by atoms with Crippen LogP contribution in [0.5, 0.6) is 0 Å². The molecule has 0 aliphatic heterocycles. The van der Waals surface area contributed by atoms with Crippen molar-refractivity contribution in [1.82, 2.24) is 0 Å². The molecule has 1 rings (SSSR count). The first kappa shape index (κ1) is 36.8. The Hall–Kier alpha value is -1.27. The van der Waals surface area contributed by atoms with Crippen molar-refractivity contribution in [3.05, 3.63) is 29.8 Å². The number of rotatable bonds is 23. The summed E-state index contributed by atoms with van der Waals surface area (Å²) in [6.07, 6.45) is 3.00. The molecular weight excluding hydrogens is 530 g/mol. The molecule has 40 heavy (non-hydrogen) atoms. The Bertz CT molecular complexity index is 926. The van der Waals surface area contributed by atoms with Crippen molar-refractivity contribution in [3.63, 3.8) is 0 Å². The van der Waals surface area contributed by atoms with Gasteiger partial charge in [-0.1, -0.05) is 25.5 Å². The Balaban J connectivity index is 2.47. The minimum absolute atomic E-state index is 0.0219. The van der Waals surface area contributed by atoms with Crippen LogP contribution < -0.4 is 4.90 Å². The number of hydrogen-bond acceptors (Lipinski definition) is 6. The third-order valence-corrected chi connectivity index (χ3v) is 7.98. The lowest BCUT2D eigenvalue weighted by Crippen LogP contribution is -2.44. The summed E-state index contributed by atoms with van der Waals surface area (Å²) in [5.41, 5.74) is 2.41. The molecule has 0 fully saturated rings. The van der Waals surface area contributed by atoms with Gasteiger partial charge in [-0.2, -0.15) is 8.42 Å². The van der Waals surface area contributed by atoms with Crippen LogP contribution in [-0.2, 0) is 24.3 Å². The lowest BCUT2D eigenvalue weighted by atomic mass is 10.2. The van der Waals surface area contributed by atoms with Gasteiger partial charge in [-0.15, -0.1) is 0 Å². The predicted molar refractivity (Wildman–Crippen MR) is 165 cm³/mol. The Morgan fingerprint density at radius 1 is 0.850 bits per heavy atom. The van der Waals surface area contributed by atoms with Gasteiger partial charge < -0.3 is 28.1 Å². The molecule has 1 N–H and O–H groups in total. The summed E-state index contributed by atoms with van der Waals surface area (Å²) in [4.78, 5) is 2.35. The molecule has 0 heterocycles. The lowest BCUT2D eigenvalue weighted by molar-refractivity contribution is -0.891. The zero-order valence-corrected chi connectivity index (χ0v) is 27.4. The van der Waals surface area contributed by atoms with E-state index in [2.05, 4.69) is 71.0 Å². The van der Waals surface area contributed by atoms with E-state index in [1.807, 2.05) is 14.1 Å². The maximum Gasteiger partial charge on any atom is 0.265 e. The number of nitrogens with zero attached hydrogens (tertiary/aromatic N) is 3. The number of likely N-dealkylation sites (N-methyl/N-ethyl adjacent to an activating group) is 2. The van der Waals surface area contributed by atoms with Gasteiger partial charge in [0.15, 0.2) is 0 Å². The van der Waals surface area contributed by atoms with Crippen molar-refractivity contribution in [3.8, 4) is 0 Å². The summed E-state index contributed by atoms with van der Waals surface area (Å²) in [6, 6.07) is 8.57. The fourth-order valence-corrected chi connectivity index (χ4v) is 5.04. The number of hydrogen-bond donors (Lipinski definition) is 1. The van der Waals surface area contributed by atoms with Crippen molar-refractivity contribution < 1.29 is 36.1 Å². The molecule has 234 valence electrons. The second-order valence-corrected chi connectivity index (χ2v) is 14.1. The first-order valence-electron chi connectivity index (χ1n) is 14.8. The van der Waals surface area contributed by atoms with Crippen LogP contribution in [0.3, 0.4) is 0 Å². The molecule has 0 aliphatic carbocycles. The average molecular weight is 590 g/mol. The van der Waals surface area contributed by atoms with E-state index in [9.17, 15) is 8.42 Å². The number of quaternary nitrogens is 2. The van der Waals surface area contributed by atoms with E-state index in [1.165, 1.54) is 30.6 Å². The third kappa shape index (κ3) is 18.2. The highest BCUT2D eigenvalue weighted by Gasteiger charge is 2.19. The van der Waals surface area contributed by atoms with Crippen molar-refractivity contribution >= 4 is 15.8 Å². The number of anilines is 1. The molecule has 0 amide bonds. The highest BCUT2D eigenvalue weighted by Crippen LogP contribution is 2.18. The highest BCUT2D eigenvalue weighted by atomic mass is 32.2. The molecular formula is C30H59N3O6S+2. The first-order chi connectivity index (χ1) is 18.6. The van der Waals surface area contributed by atoms with E-state index in [0.29, 0.717) is 37.3 Å². The summed E-state index contributed by atoms with van der Waals surface area (Å²) in [5.74, 6) is -0.206. The maximum atomic E-state index is 10.9. The summed E-state index contributed by atoms with van der Waals surface area (Å²) < 4.78 is 50.5. The predicted octanol–water partition coefficient (Wildman–Crippen LogP) is 3.86. The van der Waals surface area contributed by atoms with Crippen LogP contribution in [0.1, 0.15) is 45.6 Å². The van der Waals surface area contributed by atoms with Gasteiger partial charge in [0.25, 0.3) is 10.1 Å². The Morgan fingerprint density at radius 2 is 1.43 bits per heavy atom. The van der Waals surface area contributed by atoms with Gasteiger partial charge in [-0.3, -0.25) is 4.55 Å². The van der Waals surface area contributed by atoms with E-state index in [4.69, 9.17) is 18.8 Å². The summed E-state index contributed by atoms with van der Waals surface area (Å²) in [7, 11) is 4.71. The zero-order valence-electron chi connectivity index (χ0n) is 26.6. The molecule has 0 aromatic heterocycles. The van der Waals surface area contributed by atoms with Crippen LogP contribution >= 0.6 is 0 Å². The molecule has 0 saturated carbocycles. The molecule has 1 aromatic rings. The van der Waals surface area contributed by atoms with Crippen molar-refractivity contribution in [2.24, 2.45) is 0 Å². The molecule has 0 spiro atoms. The topological polar surface area (TPSA) is 85.3 Å². The fraction of sp³-hybridized carbons (Fsp3) is 0.800. The molecule has 9 nitrogen and oxygen atoms in total. The second-order valence-electron chi connectivity index (χ2n) is 12.5. The fourth-order valence-electron chi connectivity index (χ4n) is 4.54. The molecule has 0 saturated heterocycles. The van der Waals surface area contributed by atoms with Gasteiger partial charge in [0, 0.05) is 25.2 Å². The molecule has 2 unspecified atom stereocenters. The quantitative estimate of drug-likeness (QED) is 0.118. The standard InChI is InChI=1S/C30H58N3O6S/c1-9-10-15-32(5,6)18-20-38-28(3)25-31(30-14-11-13-27(2)24-30)26-29(4)39-22-21-37-19-17-33(7,8)16-12-23-40(34,35)36/h11,13-14,24,28-29H,9-10,12,15-23,25-26H2,1-8H3/q+1/p+1. The van der Waals surface area contributed by atoms with Gasteiger partial charge in [-0.05, 0) is 44.9 Å². The van der Waals surface area contributed by atoms with E-state index in [-0.39, 0.29) is 18.0 Å². The Morgan fingerprint density at radius 3 is 2.00 bits per heavy atom. The second kappa shape index (κ2) is 18.3. The molecule has 0 aliphatic rings. The van der Waals surface area contributed by atoms with Crippen molar-refractivity contribution in [2.75, 3.05) is 105 Å². The highest BCUT2D eigenvalue weighted by molar-refractivity contribution is 7.85. The summed E-state index contributed by atoms with van der Waals surface area (Å²) in [5, 5.41) is 0. The number of aryl methyl sites for hydroxylation is 1. The molecule has 0 bridgehead atoms. The van der Waals surface area contributed by atoms with Gasteiger partial charge in [0.2, 0.25) is 0 Å². The van der Waals surface area contributed by atoms with Crippen LogP contribution in [0.15, 0.2) is 24.3 Å². The molecule has 10 heteroatoms. The first-order valence-corrected chi connectivity index (χ1v) is 16.4. The molecule has 2 atom stereocenters. The lowest BCUT2D eigenvalue weighted by Gasteiger charge is -2.32. The Kier molecular flexibility index (Phi) is 16.8. The number of benzene rings is 1. The zero-order chi connectivity index (χ0) is 30.2. The van der Waals surface area contributed by atoms with Crippen LogP contribution in [0, 0.1) is 6.92 Å². The van der Waals surface area contributed by atoms with E-state index in [0.717, 1.165) is 37.3 Å². The van der Waals surface area contributed by atoms with E-state index >= 15 is 0 Å². The van der Waals surface area contributed by atoms with Crippen molar-refractivity contribution in [1.29, 1.82) is 0 Å². The Labute approximate surface area is 245 Å². The molecule has 0 radical (unpaired) electrons. The van der Waals surface area contributed by atoms with Gasteiger partial charge >= 0.3 is 0 Å². The third-order valence-electron chi connectivity index (χ3n) is 7.17. The van der Waals surface area contributed by atoms with Gasteiger partial charge in [-0.25, -0.2) is 0 Å². The van der Waals surface area contributed by atoms with E-state index < -0.39 is 10.1 Å². The van der Waals surface area contributed by atoms with Crippen LogP contribution in [0.25, 0.3) is 0 Å². The van der Waals surface area contributed by atoms with Gasteiger partial charge in [0.05, 0.1) is 85.7 Å². The van der Waals surface area contributed by atoms with E-state index in [1.54, 1.807) is 0 Å². The van der Waals surface area contributed by atoms with Gasteiger partial charge in [0.1, 0.15) is 13.1 Å².